The molecule has 1 aliphatic rings. The van der Waals surface area contributed by atoms with Gasteiger partial charge in [0.15, 0.2) is 0 Å². The molecule has 0 aliphatic carbocycles. The lowest BCUT2D eigenvalue weighted by Crippen LogP contribution is -2.51. The standard InChI is InChI=1S/C26H28N4O2/c1-29(2)25(32)26(12-16-30(17-13-26)24(31)23-7-3-4-15-28-23)18-20-8-10-21(11-9-20)22-6-5-14-27-19-22/h3-11,14-15,19H,12-13,16-18H2,1-2H3. The SMILES string of the molecule is CN(C)C(=O)C1(Cc2ccc(-c3cccnc3)cc2)CCN(C(=O)c2ccccn2)CC1. The normalized spacial score (nSPS) is 15.2. The minimum atomic E-state index is -0.514. The second-order valence-corrected chi connectivity index (χ2v) is 8.60. The predicted octanol–water partition coefficient (Wildman–Crippen LogP) is 3.70. The van der Waals surface area contributed by atoms with E-state index in [-0.39, 0.29) is 11.8 Å². The number of carbonyl (C=O) groups excluding carboxylic acids is 2. The lowest BCUT2D eigenvalue weighted by molar-refractivity contribution is -0.142. The molecule has 6 nitrogen and oxygen atoms in total. The molecule has 0 bridgehead atoms. The topological polar surface area (TPSA) is 66.4 Å². The van der Waals surface area contributed by atoms with Crippen LogP contribution in [0, 0.1) is 5.41 Å². The summed E-state index contributed by atoms with van der Waals surface area (Å²) < 4.78 is 0. The summed E-state index contributed by atoms with van der Waals surface area (Å²) in [6.07, 6.45) is 7.16. The van der Waals surface area contributed by atoms with Gasteiger partial charge in [0, 0.05) is 45.8 Å². The van der Waals surface area contributed by atoms with Crippen molar-refractivity contribution in [1.29, 1.82) is 0 Å². The Kier molecular flexibility index (Phi) is 6.30. The largest absolute Gasteiger partial charge is 0.348 e. The van der Waals surface area contributed by atoms with E-state index in [0.29, 0.717) is 38.0 Å². The van der Waals surface area contributed by atoms with E-state index in [4.69, 9.17) is 0 Å². The van der Waals surface area contributed by atoms with Crippen molar-refractivity contribution in [3.05, 3.63) is 84.4 Å². The molecule has 3 heterocycles. The Hall–Kier alpha value is -3.54. The van der Waals surface area contributed by atoms with Crippen LogP contribution in [0.2, 0.25) is 0 Å². The van der Waals surface area contributed by atoms with Crippen molar-refractivity contribution in [1.82, 2.24) is 19.8 Å². The minimum absolute atomic E-state index is 0.0719. The van der Waals surface area contributed by atoms with Crippen LogP contribution in [0.15, 0.2) is 73.2 Å². The molecule has 0 N–H and O–H groups in total. The van der Waals surface area contributed by atoms with E-state index in [1.807, 2.05) is 29.3 Å². The maximum absolute atomic E-state index is 13.3. The van der Waals surface area contributed by atoms with E-state index in [9.17, 15) is 9.59 Å². The number of piperidine rings is 1. The highest BCUT2D eigenvalue weighted by Crippen LogP contribution is 2.37. The summed E-state index contributed by atoms with van der Waals surface area (Å²) in [7, 11) is 3.61. The van der Waals surface area contributed by atoms with Gasteiger partial charge in [0.2, 0.25) is 5.91 Å². The van der Waals surface area contributed by atoms with Crippen molar-refractivity contribution < 1.29 is 9.59 Å². The van der Waals surface area contributed by atoms with E-state index in [1.165, 1.54) is 0 Å². The van der Waals surface area contributed by atoms with E-state index in [0.717, 1.165) is 16.7 Å². The average Bonchev–Trinajstić information content (AvgIpc) is 2.85. The van der Waals surface area contributed by atoms with Gasteiger partial charge in [-0.05, 0) is 54.2 Å². The van der Waals surface area contributed by atoms with Crippen LogP contribution in [0.25, 0.3) is 11.1 Å². The lowest BCUT2D eigenvalue weighted by Gasteiger charge is -2.42. The fourth-order valence-electron chi connectivity index (χ4n) is 4.47. The number of amides is 2. The van der Waals surface area contributed by atoms with E-state index < -0.39 is 5.41 Å². The molecular weight excluding hydrogens is 400 g/mol. The first-order chi connectivity index (χ1) is 15.5. The van der Waals surface area contributed by atoms with Crippen LogP contribution in [-0.4, -0.2) is 58.8 Å². The Morgan fingerprint density at radius 2 is 1.69 bits per heavy atom. The van der Waals surface area contributed by atoms with Crippen LogP contribution in [0.4, 0.5) is 0 Å². The fraction of sp³-hybridized carbons (Fsp3) is 0.308. The van der Waals surface area contributed by atoms with Crippen molar-refractivity contribution >= 4 is 11.8 Å². The van der Waals surface area contributed by atoms with Gasteiger partial charge in [-0.25, -0.2) is 0 Å². The molecule has 2 amide bonds. The van der Waals surface area contributed by atoms with Gasteiger partial charge < -0.3 is 9.80 Å². The molecule has 3 aromatic rings. The van der Waals surface area contributed by atoms with Crippen LogP contribution in [0.5, 0.6) is 0 Å². The van der Waals surface area contributed by atoms with Gasteiger partial charge in [0.1, 0.15) is 5.69 Å². The van der Waals surface area contributed by atoms with Crippen molar-refractivity contribution in [2.45, 2.75) is 19.3 Å². The molecule has 6 heteroatoms. The van der Waals surface area contributed by atoms with Gasteiger partial charge in [-0.2, -0.15) is 0 Å². The molecule has 1 saturated heterocycles. The van der Waals surface area contributed by atoms with Gasteiger partial charge in [-0.3, -0.25) is 19.6 Å². The number of hydrogen-bond donors (Lipinski definition) is 0. The Labute approximate surface area is 188 Å². The summed E-state index contributed by atoms with van der Waals surface area (Å²) in [5.74, 6) is 0.0519. The Morgan fingerprint density at radius 1 is 0.938 bits per heavy atom. The Morgan fingerprint density at radius 3 is 2.28 bits per heavy atom. The highest BCUT2D eigenvalue weighted by atomic mass is 16.2. The maximum Gasteiger partial charge on any atom is 0.272 e. The molecule has 164 valence electrons. The summed E-state index contributed by atoms with van der Waals surface area (Å²) in [5.41, 5.74) is 3.23. The molecular formula is C26H28N4O2. The monoisotopic (exact) mass is 428 g/mol. The van der Waals surface area contributed by atoms with Crippen molar-refractivity contribution in [3.8, 4) is 11.1 Å². The van der Waals surface area contributed by atoms with Gasteiger partial charge in [-0.15, -0.1) is 0 Å². The number of pyridine rings is 2. The lowest BCUT2D eigenvalue weighted by atomic mass is 9.72. The number of rotatable bonds is 5. The average molecular weight is 429 g/mol. The maximum atomic E-state index is 13.3. The third-order valence-corrected chi connectivity index (χ3v) is 6.24. The second kappa shape index (κ2) is 9.30. The first kappa shape index (κ1) is 21.7. The van der Waals surface area contributed by atoms with Crippen LogP contribution in [-0.2, 0) is 11.2 Å². The molecule has 0 atom stereocenters. The fourth-order valence-corrected chi connectivity index (χ4v) is 4.47. The molecule has 2 aromatic heterocycles. The summed E-state index contributed by atoms with van der Waals surface area (Å²) in [5, 5.41) is 0. The van der Waals surface area contributed by atoms with Crippen molar-refractivity contribution in [2.75, 3.05) is 27.2 Å². The number of benzene rings is 1. The summed E-state index contributed by atoms with van der Waals surface area (Å²) in [6.45, 7) is 1.09. The number of aromatic nitrogens is 2. The number of nitrogens with zero attached hydrogens (tertiary/aromatic N) is 4. The molecule has 0 radical (unpaired) electrons. The van der Waals surface area contributed by atoms with Crippen LogP contribution < -0.4 is 0 Å². The van der Waals surface area contributed by atoms with Crippen molar-refractivity contribution in [3.63, 3.8) is 0 Å². The van der Waals surface area contributed by atoms with Crippen LogP contribution in [0.1, 0.15) is 28.9 Å². The number of likely N-dealkylation sites (tertiary alicyclic amines) is 1. The molecule has 4 rings (SSSR count). The van der Waals surface area contributed by atoms with Crippen molar-refractivity contribution in [2.24, 2.45) is 5.41 Å². The molecule has 0 spiro atoms. The number of carbonyl (C=O) groups is 2. The number of hydrogen-bond acceptors (Lipinski definition) is 4. The molecule has 1 aromatic carbocycles. The van der Waals surface area contributed by atoms with Gasteiger partial charge in [0.05, 0.1) is 5.41 Å². The van der Waals surface area contributed by atoms with E-state index in [2.05, 4.69) is 34.2 Å². The third kappa shape index (κ3) is 4.54. The summed E-state index contributed by atoms with van der Waals surface area (Å²) in [4.78, 5) is 37.9. The van der Waals surface area contributed by atoms with E-state index in [1.54, 1.807) is 43.5 Å². The zero-order valence-corrected chi connectivity index (χ0v) is 18.6. The Balaban J connectivity index is 1.51. The highest BCUT2D eigenvalue weighted by Gasteiger charge is 2.43. The zero-order valence-electron chi connectivity index (χ0n) is 18.6. The molecule has 1 fully saturated rings. The Bertz CT molecular complexity index is 1060. The predicted molar refractivity (Wildman–Crippen MR) is 124 cm³/mol. The molecule has 0 saturated carbocycles. The summed E-state index contributed by atoms with van der Waals surface area (Å²) >= 11 is 0. The zero-order chi connectivity index (χ0) is 22.6. The van der Waals surface area contributed by atoms with E-state index >= 15 is 0 Å². The first-order valence-electron chi connectivity index (χ1n) is 10.9. The molecule has 32 heavy (non-hydrogen) atoms. The van der Waals surface area contributed by atoms with Gasteiger partial charge in [0.25, 0.3) is 5.91 Å². The third-order valence-electron chi connectivity index (χ3n) is 6.24. The molecule has 1 aliphatic heterocycles. The van der Waals surface area contributed by atoms with Gasteiger partial charge in [-0.1, -0.05) is 36.4 Å². The molecule has 0 unspecified atom stereocenters. The quantitative estimate of drug-likeness (QED) is 0.622. The second-order valence-electron chi connectivity index (χ2n) is 8.60. The minimum Gasteiger partial charge on any atom is -0.348 e. The smallest absolute Gasteiger partial charge is 0.272 e. The van der Waals surface area contributed by atoms with Crippen LogP contribution >= 0.6 is 0 Å². The highest BCUT2D eigenvalue weighted by molar-refractivity contribution is 5.92. The van der Waals surface area contributed by atoms with Gasteiger partial charge >= 0.3 is 0 Å². The summed E-state index contributed by atoms with van der Waals surface area (Å²) in [6, 6.07) is 17.7. The van der Waals surface area contributed by atoms with Crippen LogP contribution in [0.3, 0.4) is 0 Å². The first-order valence-corrected chi connectivity index (χ1v) is 10.9.